The Balaban J connectivity index is 0.000000747. The van der Waals surface area contributed by atoms with Gasteiger partial charge in [0.05, 0.1) is 10.5 Å². The average molecular weight is 517 g/mol. The molecule has 5 rings (SSSR count). The van der Waals surface area contributed by atoms with Crippen LogP contribution >= 0.6 is 11.6 Å². The molecule has 1 atom stereocenters. The molecule has 5 heteroatoms. The lowest BCUT2D eigenvalue weighted by Gasteiger charge is -2.38. The molecule has 0 radical (unpaired) electrons. The van der Waals surface area contributed by atoms with E-state index < -0.39 is 0 Å². The molecule has 2 aliphatic rings. The van der Waals surface area contributed by atoms with Crippen molar-refractivity contribution in [1.82, 2.24) is 19.8 Å². The first-order valence-corrected chi connectivity index (χ1v) is 14.1. The maximum Gasteiger partial charge on any atom is 0.0727 e. The number of aryl methyl sites for hydroxylation is 1. The van der Waals surface area contributed by atoms with Crippen LogP contribution in [0.15, 0.2) is 55.4 Å². The number of aromatic nitrogens is 2. The Bertz CT molecular complexity index is 1270. The zero-order valence-corrected chi connectivity index (χ0v) is 23.7. The van der Waals surface area contributed by atoms with E-state index in [2.05, 4.69) is 86.0 Å². The van der Waals surface area contributed by atoms with Crippen molar-refractivity contribution in [2.45, 2.75) is 65.7 Å². The van der Waals surface area contributed by atoms with Crippen LogP contribution in [0, 0.1) is 6.92 Å². The third-order valence-electron chi connectivity index (χ3n) is 7.67. The van der Waals surface area contributed by atoms with Crippen LogP contribution in [0.5, 0.6) is 0 Å². The number of unbranched alkanes of at least 4 members (excludes halogenated alkanes) is 1. The molecule has 1 saturated heterocycles. The fourth-order valence-corrected chi connectivity index (χ4v) is 5.51. The summed E-state index contributed by atoms with van der Waals surface area (Å²) in [6.45, 7) is 20.9. The van der Waals surface area contributed by atoms with Crippen LogP contribution in [0.4, 0.5) is 0 Å². The summed E-state index contributed by atoms with van der Waals surface area (Å²) in [5.74, 6) is 0.390. The van der Waals surface area contributed by atoms with E-state index in [0.717, 1.165) is 89.7 Å². The van der Waals surface area contributed by atoms with E-state index in [0.29, 0.717) is 5.92 Å². The van der Waals surface area contributed by atoms with Crippen LogP contribution < -0.4 is 0 Å². The van der Waals surface area contributed by atoms with E-state index in [9.17, 15) is 0 Å². The molecule has 0 bridgehead atoms. The zero-order chi connectivity index (χ0) is 26.5. The van der Waals surface area contributed by atoms with Crippen molar-refractivity contribution in [3.8, 4) is 0 Å². The van der Waals surface area contributed by atoms with Gasteiger partial charge in [-0.3, -0.25) is 9.97 Å². The van der Waals surface area contributed by atoms with Gasteiger partial charge in [0.25, 0.3) is 0 Å². The maximum atomic E-state index is 6.90. The average Bonchev–Trinajstić information content (AvgIpc) is 2.92. The number of rotatable bonds is 5. The summed E-state index contributed by atoms with van der Waals surface area (Å²) < 4.78 is 0. The van der Waals surface area contributed by atoms with Crippen molar-refractivity contribution in [2.24, 2.45) is 0 Å². The van der Waals surface area contributed by atoms with Crippen molar-refractivity contribution in [1.29, 1.82) is 0 Å². The summed E-state index contributed by atoms with van der Waals surface area (Å²) in [5, 5.41) is 1.89. The highest BCUT2D eigenvalue weighted by molar-refractivity contribution is 6.36. The lowest BCUT2D eigenvalue weighted by molar-refractivity contribution is 0.215. The Hall–Kier alpha value is -2.85. The van der Waals surface area contributed by atoms with Crippen LogP contribution in [0.3, 0.4) is 0 Å². The molecule has 0 spiro atoms. The van der Waals surface area contributed by atoms with Gasteiger partial charge in [0.2, 0.25) is 0 Å². The van der Waals surface area contributed by atoms with Crippen molar-refractivity contribution >= 4 is 28.2 Å². The molecule has 2 aromatic heterocycles. The zero-order valence-electron chi connectivity index (χ0n) is 23.0. The van der Waals surface area contributed by atoms with Crippen LogP contribution in [-0.4, -0.2) is 45.9 Å². The molecule has 37 heavy (non-hydrogen) atoms. The molecular formula is C32H41ClN4. The van der Waals surface area contributed by atoms with E-state index in [4.69, 9.17) is 16.6 Å². The molecule has 1 aliphatic carbocycles. The second kappa shape index (κ2) is 12.1. The van der Waals surface area contributed by atoms with Crippen LogP contribution in [0.2, 0.25) is 5.02 Å². The summed E-state index contributed by atoms with van der Waals surface area (Å²) in [6, 6.07) is 10.7. The second-order valence-electron chi connectivity index (χ2n) is 10.4. The van der Waals surface area contributed by atoms with Crippen molar-refractivity contribution in [3.63, 3.8) is 0 Å². The van der Waals surface area contributed by atoms with Crippen LogP contribution in [0.1, 0.15) is 74.0 Å². The van der Waals surface area contributed by atoms with E-state index in [1.165, 1.54) is 24.0 Å². The number of hydrogen-bond donors (Lipinski definition) is 0. The molecule has 1 aromatic carbocycles. The SMILES string of the molecule is C=C(C)N1CCN(C(=C)c2ccc3c(Cl)c4c(nc3c2)CC(c2cc(C)ccn2)CC4)CC1.CCCC. The lowest BCUT2D eigenvalue weighted by atomic mass is 9.83. The molecule has 3 aromatic rings. The Morgan fingerprint density at radius 2 is 1.73 bits per heavy atom. The first kappa shape index (κ1) is 27.2. The highest BCUT2D eigenvalue weighted by Crippen LogP contribution is 2.38. The fourth-order valence-electron chi connectivity index (χ4n) is 5.14. The van der Waals surface area contributed by atoms with Crippen molar-refractivity contribution in [3.05, 3.63) is 88.5 Å². The van der Waals surface area contributed by atoms with Gasteiger partial charge in [0.1, 0.15) is 0 Å². The molecule has 3 heterocycles. The van der Waals surface area contributed by atoms with E-state index in [-0.39, 0.29) is 0 Å². The molecule has 0 saturated carbocycles. The van der Waals surface area contributed by atoms with Gasteiger partial charge in [-0.2, -0.15) is 0 Å². The smallest absolute Gasteiger partial charge is 0.0727 e. The molecule has 1 aliphatic heterocycles. The number of piperazine rings is 1. The van der Waals surface area contributed by atoms with Gasteiger partial charge in [-0.25, -0.2) is 0 Å². The quantitative estimate of drug-likeness (QED) is 0.346. The highest BCUT2D eigenvalue weighted by Gasteiger charge is 2.26. The predicted molar refractivity (Wildman–Crippen MR) is 158 cm³/mol. The van der Waals surface area contributed by atoms with Gasteiger partial charge in [0, 0.05) is 66.5 Å². The van der Waals surface area contributed by atoms with Gasteiger partial charge < -0.3 is 9.80 Å². The van der Waals surface area contributed by atoms with Gasteiger partial charge in [-0.1, -0.05) is 63.6 Å². The monoisotopic (exact) mass is 516 g/mol. The standard InChI is InChI=1S/C28H31ClN4.C4H10/c1-18(2)32-11-13-33(14-12-32)20(4)21-5-7-23-26(16-21)31-27-17-22(6-8-24(27)28(23)29)25-15-19(3)9-10-30-25;1-3-4-2/h5,7,9-10,15-16,22H,1,4,6,8,11-14,17H2,2-3H3;3-4H2,1-2H3. The van der Waals surface area contributed by atoms with Crippen LogP contribution in [-0.2, 0) is 12.8 Å². The molecule has 1 fully saturated rings. The second-order valence-corrected chi connectivity index (χ2v) is 10.8. The summed E-state index contributed by atoms with van der Waals surface area (Å²) in [6.07, 6.45) is 7.44. The first-order chi connectivity index (χ1) is 17.8. The number of allylic oxidation sites excluding steroid dienone is 1. The third-order valence-corrected chi connectivity index (χ3v) is 8.11. The minimum absolute atomic E-state index is 0.390. The number of fused-ring (bicyclic) bond motifs is 2. The van der Waals surface area contributed by atoms with Gasteiger partial charge in [0.15, 0.2) is 0 Å². The van der Waals surface area contributed by atoms with Crippen LogP contribution in [0.25, 0.3) is 16.6 Å². The topological polar surface area (TPSA) is 32.3 Å². The van der Waals surface area contributed by atoms with Gasteiger partial charge in [-0.15, -0.1) is 0 Å². The Kier molecular flexibility index (Phi) is 8.91. The van der Waals surface area contributed by atoms with Crippen molar-refractivity contribution in [2.75, 3.05) is 26.2 Å². The normalized spacial score (nSPS) is 17.2. The van der Waals surface area contributed by atoms with E-state index in [1.807, 2.05) is 6.20 Å². The number of pyridine rings is 2. The largest absolute Gasteiger partial charge is 0.372 e. The van der Waals surface area contributed by atoms with Gasteiger partial charge in [-0.05, 0) is 68.0 Å². The number of nitrogens with zero attached hydrogens (tertiary/aromatic N) is 4. The maximum absolute atomic E-state index is 6.90. The molecular weight excluding hydrogens is 476 g/mol. The summed E-state index contributed by atoms with van der Waals surface area (Å²) in [5.41, 5.74) is 8.99. The third kappa shape index (κ3) is 6.18. The number of hydrogen-bond acceptors (Lipinski definition) is 4. The van der Waals surface area contributed by atoms with E-state index >= 15 is 0 Å². The minimum Gasteiger partial charge on any atom is -0.372 e. The lowest BCUT2D eigenvalue weighted by Crippen LogP contribution is -2.44. The highest BCUT2D eigenvalue weighted by atomic mass is 35.5. The molecule has 4 nitrogen and oxygen atoms in total. The number of benzene rings is 1. The summed E-state index contributed by atoms with van der Waals surface area (Å²) in [7, 11) is 0. The molecule has 0 amide bonds. The van der Waals surface area contributed by atoms with Crippen molar-refractivity contribution < 1.29 is 0 Å². The fraction of sp³-hybridized carbons (Fsp3) is 0.438. The molecule has 196 valence electrons. The Labute approximate surface area is 228 Å². The summed E-state index contributed by atoms with van der Waals surface area (Å²) >= 11 is 6.90. The molecule has 1 unspecified atom stereocenters. The molecule has 0 N–H and O–H groups in total. The predicted octanol–water partition coefficient (Wildman–Crippen LogP) is 7.79. The minimum atomic E-state index is 0.390. The Morgan fingerprint density at radius 1 is 1.03 bits per heavy atom. The number of halogens is 1. The van der Waals surface area contributed by atoms with Gasteiger partial charge >= 0.3 is 0 Å². The Morgan fingerprint density at radius 3 is 2.38 bits per heavy atom. The first-order valence-electron chi connectivity index (χ1n) is 13.7. The summed E-state index contributed by atoms with van der Waals surface area (Å²) in [4.78, 5) is 14.4. The van der Waals surface area contributed by atoms with E-state index in [1.54, 1.807) is 0 Å².